The lowest BCUT2D eigenvalue weighted by molar-refractivity contribution is -0.384. The van der Waals surface area contributed by atoms with Crippen molar-refractivity contribution in [2.24, 2.45) is 0 Å². The van der Waals surface area contributed by atoms with E-state index in [1.54, 1.807) is 35.4 Å². The number of fused-ring (bicyclic) bond motifs is 1. The molecule has 1 aromatic heterocycles. The number of nitrogens with zero attached hydrogens (tertiary/aromatic N) is 4. The molecular formula is C16H12N4O2S. The van der Waals surface area contributed by atoms with Crippen LogP contribution in [0.1, 0.15) is 10.6 Å². The van der Waals surface area contributed by atoms with E-state index in [0.717, 1.165) is 15.2 Å². The van der Waals surface area contributed by atoms with E-state index in [0.29, 0.717) is 12.2 Å². The van der Waals surface area contributed by atoms with Gasteiger partial charge in [-0.15, -0.1) is 11.3 Å². The molecule has 0 saturated heterocycles. The molecule has 114 valence electrons. The molecule has 3 aromatic rings. The van der Waals surface area contributed by atoms with Crippen LogP contribution in [0.5, 0.6) is 0 Å². The smallest absolute Gasteiger partial charge is 0.293 e. The van der Waals surface area contributed by atoms with E-state index in [-0.39, 0.29) is 11.3 Å². The number of nitro groups is 1. The first-order valence-electron chi connectivity index (χ1n) is 6.82. The zero-order valence-electron chi connectivity index (χ0n) is 12.3. The fourth-order valence-corrected chi connectivity index (χ4v) is 3.36. The molecule has 7 heteroatoms. The van der Waals surface area contributed by atoms with Crippen molar-refractivity contribution in [1.29, 1.82) is 5.26 Å². The molecule has 3 rings (SSSR count). The van der Waals surface area contributed by atoms with E-state index in [1.165, 1.54) is 6.07 Å². The summed E-state index contributed by atoms with van der Waals surface area (Å²) in [5.74, 6) is 0. The molecule has 0 radical (unpaired) electrons. The van der Waals surface area contributed by atoms with E-state index in [9.17, 15) is 10.1 Å². The Kier molecular flexibility index (Phi) is 3.91. The van der Waals surface area contributed by atoms with Crippen LogP contribution in [0.25, 0.3) is 10.2 Å². The molecule has 0 saturated carbocycles. The monoisotopic (exact) mass is 324 g/mol. The Hall–Kier alpha value is -2.98. The maximum Gasteiger partial charge on any atom is 0.293 e. The number of nitriles is 1. The molecule has 0 amide bonds. The number of thiazole rings is 1. The second-order valence-electron chi connectivity index (χ2n) is 5.00. The van der Waals surface area contributed by atoms with Crippen LogP contribution in [-0.2, 0) is 6.54 Å². The number of rotatable bonds is 4. The van der Waals surface area contributed by atoms with Crippen LogP contribution >= 0.6 is 11.3 Å². The fraction of sp³-hybridized carbons (Fsp3) is 0.125. The van der Waals surface area contributed by atoms with Gasteiger partial charge < -0.3 is 4.90 Å². The Morgan fingerprint density at radius 3 is 2.83 bits per heavy atom. The zero-order valence-corrected chi connectivity index (χ0v) is 13.1. The van der Waals surface area contributed by atoms with Crippen LogP contribution < -0.4 is 4.90 Å². The topological polar surface area (TPSA) is 83.1 Å². The van der Waals surface area contributed by atoms with Crippen LogP contribution in [0.15, 0.2) is 42.5 Å². The normalized spacial score (nSPS) is 10.4. The van der Waals surface area contributed by atoms with Gasteiger partial charge >= 0.3 is 0 Å². The molecule has 0 unspecified atom stereocenters. The summed E-state index contributed by atoms with van der Waals surface area (Å²) in [4.78, 5) is 17.1. The number of para-hydroxylation sites is 1. The van der Waals surface area contributed by atoms with Crippen molar-refractivity contribution in [3.8, 4) is 6.07 Å². The van der Waals surface area contributed by atoms with Gasteiger partial charge in [0.2, 0.25) is 0 Å². The van der Waals surface area contributed by atoms with E-state index in [1.807, 2.05) is 30.3 Å². The Morgan fingerprint density at radius 1 is 1.35 bits per heavy atom. The average molecular weight is 324 g/mol. The van der Waals surface area contributed by atoms with Crippen molar-refractivity contribution in [3.05, 3.63) is 63.1 Å². The maximum absolute atomic E-state index is 11.2. The Labute approximate surface area is 136 Å². The summed E-state index contributed by atoms with van der Waals surface area (Å²) in [6.07, 6.45) is 0. The van der Waals surface area contributed by atoms with Gasteiger partial charge in [-0.2, -0.15) is 5.26 Å². The number of nitro benzene ring substituents is 1. The molecule has 0 bridgehead atoms. The number of aromatic nitrogens is 1. The predicted octanol–water partition coefficient (Wildman–Crippen LogP) is 3.71. The first-order chi connectivity index (χ1) is 11.1. The van der Waals surface area contributed by atoms with Gasteiger partial charge in [0.1, 0.15) is 10.7 Å². The lowest BCUT2D eigenvalue weighted by Crippen LogP contribution is -2.17. The van der Waals surface area contributed by atoms with Gasteiger partial charge in [0.05, 0.1) is 33.3 Å². The van der Waals surface area contributed by atoms with Crippen LogP contribution in [0.2, 0.25) is 0 Å². The van der Waals surface area contributed by atoms with Gasteiger partial charge in [-0.05, 0) is 24.3 Å². The van der Waals surface area contributed by atoms with Crippen LogP contribution in [0.3, 0.4) is 0 Å². The summed E-state index contributed by atoms with van der Waals surface area (Å²) >= 11 is 1.57. The SMILES string of the molecule is CN(Cc1nc2ccccc2s1)c1ccc(C#N)cc1[N+](=O)[O-]. The van der Waals surface area contributed by atoms with Crippen molar-refractivity contribution in [1.82, 2.24) is 4.98 Å². The molecule has 0 fully saturated rings. The molecular weight excluding hydrogens is 312 g/mol. The third-order valence-electron chi connectivity index (χ3n) is 3.42. The third kappa shape index (κ3) is 2.98. The molecule has 0 aliphatic rings. The highest BCUT2D eigenvalue weighted by atomic mass is 32.1. The number of hydrogen-bond donors (Lipinski definition) is 0. The lowest BCUT2D eigenvalue weighted by Gasteiger charge is -2.17. The predicted molar refractivity (Wildman–Crippen MR) is 89.5 cm³/mol. The number of benzene rings is 2. The molecule has 0 atom stereocenters. The van der Waals surface area contributed by atoms with Gasteiger partial charge in [0.15, 0.2) is 0 Å². The minimum Gasteiger partial charge on any atom is -0.362 e. The summed E-state index contributed by atoms with van der Waals surface area (Å²) in [6, 6.07) is 14.2. The van der Waals surface area contributed by atoms with Crippen LogP contribution in [0.4, 0.5) is 11.4 Å². The highest BCUT2D eigenvalue weighted by molar-refractivity contribution is 7.18. The quantitative estimate of drug-likeness (QED) is 0.539. The lowest BCUT2D eigenvalue weighted by atomic mass is 10.2. The number of hydrogen-bond acceptors (Lipinski definition) is 6. The summed E-state index contributed by atoms with van der Waals surface area (Å²) in [6.45, 7) is 0.464. The molecule has 1 heterocycles. The molecule has 0 aliphatic carbocycles. The van der Waals surface area contributed by atoms with E-state index >= 15 is 0 Å². The van der Waals surface area contributed by atoms with E-state index in [4.69, 9.17) is 5.26 Å². The van der Waals surface area contributed by atoms with Gasteiger partial charge in [-0.1, -0.05) is 12.1 Å². The largest absolute Gasteiger partial charge is 0.362 e. The second-order valence-corrected chi connectivity index (χ2v) is 6.12. The van der Waals surface area contributed by atoms with Crippen molar-refractivity contribution in [2.45, 2.75) is 6.54 Å². The van der Waals surface area contributed by atoms with Crippen molar-refractivity contribution >= 4 is 32.9 Å². The summed E-state index contributed by atoms with van der Waals surface area (Å²) in [5.41, 5.74) is 1.59. The van der Waals surface area contributed by atoms with E-state index < -0.39 is 4.92 Å². The molecule has 0 N–H and O–H groups in total. The Morgan fingerprint density at radius 2 is 2.13 bits per heavy atom. The highest BCUT2D eigenvalue weighted by Crippen LogP contribution is 2.30. The molecule has 2 aromatic carbocycles. The van der Waals surface area contributed by atoms with Crippen LogP contribution in [-0.4, -0.2) is 17.0 Å². The summed E-state index contributed by atoms with van der Waals surface area (Å²) in [5, 5.41) is 21.0. The minimum atomic E-state index is -0.467. The highest BCUT2D eigenvalue weighted by Gasteiger charge is 2.19. The summed E-state index contributed by atoms with van der Waals surface area (Å²) < 4.78 is 1.09. The number of anilines is 1. The zero-order chi connectivity index (χ0) is 16.4. The van der Waals surface area contributed by atoms with Crippen molar-refractivity contribution in [3.63, 3.8) is 0 Å². The Bertz CT molecular complexity index is 896. The molecule has 23 heavy (non-hydrogen) atoms. The minimum absolute atomic E-state index is 0.0762. The first kappa shape index (κ1) is 14.9. The standard InChI is InChI=1S/C16H12N4O2S/c1-19(10-16-18-12-4-2-3-5-15(12)23-16)13-7-6-11(9-17)8-14(13)20(21)22/h2-8H,10H2,1H3. The first-order valence-corrected chi connectivity index (χ1v) is 7.64. The Balaban J connectivity index is 1.92. The second kappa shape index (κ2) is 6.02. The fourth-order valence-electron chi connectivity index (χ4n) is 2.34. The van der Waals surface area contributed by atoms with Gasteiger partial charge in [-0.25, -0.2) is 4.98 Å². The molecule has 6 nitrogen and oxygen atoms in total. The van der Waals surface area contributed by atoms with Crippen molar-refractivity contribution < 1.29 is 4.92 Å². The van der Waals surface area contributed by atoms with Gasteiger partial charge in [0.25, 0.3) is 5.69 Å². The van der Waals surface area contributed by atoms with E-state index in [2.05, 4.69) is 4.98 Å². The van der Waals surface area contributed by atoms with Gasteiger partial charge in [0, 0.05) is 13.1 Å². The van der Waals surface area contributed by atoms with Gasteiger partial charge in [-0.3, -0.25) is 10.1 Å². The average Bonchev–Trinajstić information content (AvgIpc) is 2.96. The van der Waals surface area contributed by atoms with Crippen LogP contribution in [0, 0.1) is 21.4 Å². The third-order valence-corrected chi connectivity index (χ3v) is 4.44. The maximum atomic E-state index is 11.2. The molecule has 0 spiro atoms. The molecule has 0 aliphatic heterocycles. The van der Waals surface area contributed by atoms with Crippen molar-refractivity contribution in [2.75, 3.05) is 11.9 Å². The summed E-state index contributed by atoms with van der Waals surface area (Å²) in [7, 11) is 1.78.